The van der Waals surface area contributed by atoms with Crippen molar-refractivity contribution in [3.05, 3.63) is 76.4 Å². The Balaban J connectivity index is 1.34. The van der Waals surface area contributed by atoms with Crippen LogP contribution >= 0.6 is 11.6 Å². The minimum Gasteiger partial charge on any atom is -0.493 e. The second-order valence-corrected chi connectivity index (χ2v) is 13.5. The Morgan fingerprint density at radius 3 is 2.40 bits per heavy atom. The van der Waals surface area contributed by atoms with Gasteiger partial charge in [0.1, 0.15) is 5.82 Å². The summed E-state index contributed by atoms with van der Waals surface area (Å²) in [4.78, 5) is 36.8. The molecule has 2 N–H and O–H groups in total. The first kappa shape index (κ1) is 35.4. The third kappa shape index (κ3) is 8.22. The van der Waals surface area contributed by atoms with Gasteiger partial charge in [0.2, 0.25) is 5.91 Å². The maximum atomic E-state index is 13.9. The summed E-state index contributed by atoms with van der Waals surface area (Å²) in [6.45, 7) is 6.31. The van der Waals surface area contributed by atoms with E-state index in [9.17, 15) is 9.59 Å². The summed E-state index contributed by atoms with van der Waals surface area (Å²) in [5.41, 5.74) is 9.36. The normalized spacial score (nSPS) is 19.3. The van der Waals surface area contributed by atoms with Crippen molar-refractivity contribution in [3.63, 3.8) is 0 Å². The number of methoxy groups -OCH3 is 2. The number of anilines is 2. The molecule has 1 atom stereocenters. The molecule has 2 aromatic carbocycles. The van der Waals surface area contributed by atoms with Crippen molar-refractivity contribution in [2.75, 3.05) is 57.2 Å². The van der Waals surface area contributed by atoms with E-state index in [0.29, 0.717) is 41.6 Å². The fraction of sp³-hybridized carbons (Fsp3) is 0.486. The maximum Gasteiger partial charge on any atom is 0.319 e. The fourth-order valence-corrected chi connectivity index (χ4v) is 7.16. The number of amides is 1. The molecule has 1 saturated carbocycles. The largest absolute Gasteiger partial charge is 0.493 e. The van der Waals surface area contributed by atoms with Gasteiger partial charge in [-0.2, -0.15) is 0 Å². The average Bonchev–Trinajstić information content (AvgIpc) is 3.08. The summed E-state index contributed by atoms with van der Waals surface area (Å²) < 4.78 is 16.7. The molecule has 48 heavy (non-hydrogen) atoms. The molecule has 258 valence electrons. The van der Waals surface area contributed by atoms with Crippen LogP contribution < -0.4 is 25.0 Å². The third-order valence-electron chi connectivity index (χ3n) is 9.38. The summed E-state index contributed by atoms with van der Waals surface area (Å²) in [6, 6.07) is 15.4. The zero-order valence-corrected chi connectivity index (χ0v) is 29.4. The smallest absolute Gasteiger partial charge is 0.319 e. The zero-order valence-electron chi connectivity index (χ0n) is 28.7. The minimum absolute atomic E-state index is 0.0300. The monoisotopic (exact) mass is 677 g/mol. The molecule has 2 heterocycles. The number of fused-ring (bicyclic) bond motifs is 1. The van der Waals surface area contributed by atoms with E-state index in [2.05, 4.69) is 16.8 Å². The van der Waals surface area contributed by atoms with E-state index >= 15 is 0 Å². The first-order chi connectivity index (χ1) is 23.1. The lowest BCUT2D eigenvalue weighted by atomic mass is 9.85. The highest BCUT2D eigenvalue weighted by atomic mass is 35.5. The quantitative estimate of drug-likeness (QED) is 0.230. The average molecular weight is 678 g/mol. The van der Waals surface area contributed by atoms with Crippen molar-refractivity contribution in [2.45, 2.75) is 64.1 Å². The van der Waals surface area contributed by atoms with Gasteiger partial charge in [0, 0.05) is 37.7 Å². The molecule has 2 aliphatic rings. The van der Waals surface area contributed by atoms with Crippen LogP contribution in [0, 0.1) is 5.92 Å². The van der Waals surface area contributed by atoms with Crippen molar-refractivity contribution in [1.29, 1.82) is 0 Å². The van der Waals surface area contributed by atoms with Crippen molar-refractivity contribution in [2.24, 2.45) is 11.7 Å². The molecule has 0 spiro atoms. The summed E-state index contributed by atoms with van der Waals surface area (Å²) in [5, 5.41) is 0.628. The van der Waals surface area contributed by atoms with Crippen LogP contribution in [0.2, 0.25) is 5.02 Å². The molecule has 1 aromatic heterocycles. The number of halogens is 1. The second kappa shape index (κ2) is 16.0. The minimum atomic E-state index is -0.405. The number of benzene rings is 2. The molecule has 1 fully saturated rings. The Bertz CT molecular complexity index is 1540. The number of hydrogen-bond acceptors (Lipinski definition) is 9. The van der Waals surface area contributed by atoms with Crippen LogP contribution in [0.5, 0.6) is 11.5 Å². The molecular weight excluding hydrogens is 630 g/mol. The SMILES string of the molecule is COC(=O)CN(CCN)[C@H]1CC[C@H](CN(C)c2ccc(N3C(=O)Cc4cc(OC)c(OC(C)C)cc4[C@@H]3c3ccc(Cl)cc3)cn2)CC1. The van der Waals surface area contributed by atoms with Gasteiger partial charge in [0.05, 0.1) is 51.2 Å². The van der Waals surface area contributed by atoms with E-state index in [0.717, 1.165) is 60.4 Å². The molecule has 0 bridgehead atoms. The van der Waals surface area contributed by atoms with E-state index in [-0.39, 0.29) is 30.9 Å². The van der Waals surface area contributed by atoms with Gasteiger partial charge in [-0.25, -0.2) is 4.98 Å². The number of ether oxygens (including phenoxy) is 3. The molecular formula is C37H48ClN5O5. The van der Waals surface area contributed by atoms with Crippen molar-refractivity contribution in [1.82, 2.24) is 9.88 Å². The molecule has 3 aromatic rings. The summed E-state index contributed by atoms with van der Waals surface area (Å²) in [5.74, 6) is 2.35. The molecule has 10 nitrogen and oxygen atoms in total. The molecule has 0 saturated heterocycles. The number of nitrogens with two attached hydrogens (primary N) is 1. The van der Waals surface area contributed by atoms with Gasteiger partial charge in [-0.15, -0.1) is 0 Å². The van der Waals surface area contributed by atoms with Gasteiger partial charge < -0.3 is 24.8 Å². The Morgan fingerprint density at radius 2 is 1.79 bits per heavy atom. The first-order valence-electron chi connectivity index (χ1n) is 16.7. The molecule has 1 aliphatic heterocycles. The Labute approximate surface area is 289 Å². The maximum absolute atomic E-state index is 13.9. The van der Waals surface area contributed by atoms with Crippen molar-refractivity contribution in [3.8, 4) is 11.5 Å². The third-order valence-corrected chi connectivity index (χ3v) is 9.63. The zero-order chi connectivity index (χ0) is 34.4. The summed E-state index contributed by atoms with van der Waals surface area (Å²) in [7, 11) is 5.10. The lowest BCUT2D eigenvalue weighted by Gasteiger charge is -2.38. The van der Waals surface area contributed by atoms with Crippen LogP contribution in [0.4, 0.5) is 11.5 Å². The highest BCUT2D eigenvalue weighted by molar-refractivity contribution is 6.30. The van der Waals surface area contributed by atoms with Crippen LogP contribution in [0.3, 0.4) is 0 Å². The highest BCUT2D eigenvalue weighted by Gasteiger charge is 2.36. The van der Waals surface area contributed by atoms with Crippen LogP contribution in [0.1, 0.15) is 62.3 Å². The topological polar surface area (TPSA) is 110 Å². The Kier molecular flexibility index (Phi) is 11.8. The second-order valence-electron chi connectivity index (χ2n) is 13.0. The van der Waals surface area contributed by atoms with Crippen LogP contribution in [-0.4, -0.2) is 81.4 Å². The molecule has 11 heteroatoms. The number of rotatable bonds is 13. The van der Waals surface area contributed by atoms with Crippen LogP contribution in [0.15, 0.2) is 54.7 Å². The van der Waals surface area contributed by atoms with E-state index in [1.54, 1.807) is 13.3 Å². The van der Waals surface area contributed by atoms with Gasteiger partial charge in [-0.05, 0) is 98.5 Å². The summed E-state index contributed by atoms with van der Waals surface area (Å²) in [6.07, 6.45) is 6.13. The predicted molar refractivity (Wildman–Crippen MR) is 189 cm³/mol. The van der Waals surface area contributed by atoms with Gasteiger partial charge in [0.15, 0.2) is 11.5 Å². The fourth-order valence-electron chi connectivity index (χ4n) is 7.04. The lowest BCUT2D eigenvalue weighted by molar-refractivity contribution is -0.142. The van der Waals surface area contributed by atoms with Crippen molar-refractivity contribution < 1.29 is 23.8 Å². The number of nitrogens with zero attached hydrogens (tertiary/aromatic N) is 4. The molecule has 0 unspecified atom stereocenters. The van der Waals surface area contributed by atoms with Gasteiger partial charge in [-0.1, -0.05) is 23.7 Å². The van der Waals surface area contributed by atoms with Gasteiger partial charge in [-0.3, -0.25) is 19.4 Å². The molecule has 0 radical (unpaired) electrons. The lowest BCUT2D eigenvalue weighted by Crippen LogP contribution is -2.44. The molecule has 5 rings (SSSR count). The number of pyridine rings is 1. The van der Waals surface area contributed by atoms with Gasteiger partial charge in [0.25, 0.3) is 0 Å². The number of hydrogen-bond donors (Lipinski definition) is 1. The van der Waals surface area contributed by atoms with E-state index in [1.165, 1.54) is 7.11 Å². The van der Waals surface area contributed by atoms with Crippen LogP contribution in [0.25, 0.3) is 0 Å². The van der Waals surface area contributed by atoms with E-state index < -0.39 is 6.04 Å². The number of carbonyl (C=O) groups is 2. The number of esters is 1. The standard InChI is InChI=1S/C37H48ClN5O5/c1-24(2)48-33-20-31-27(18-32(33)46-4)19-35(44)43(37(31)26-8-10-28(38)11-9-26)30-14-15-34(40-21-30)41(3)22-25-6-12-29(13-7-25)42(17-16-39)23-36(45)47-5/h8-11,14-15,18,20-21,24-25,29,37H,6-7,12-13,16-17,19,22-23,39H2,1-5H3/t25-,29-,37-/m0/s1. The Morgan fingerprint density at radius 1 is 1.06 bits per heavy atom. The summed E-state index contributed by atoms with van der Waals surface area (Å²) >= 11 is 6.27. The highest BCUT2D eigenvalue weighted by Crippen LogP contribution is 2.44. The van der Waals surface area contributed by atoms with Crippen molar-refractivity contribution >= 4 is 35.0 Å². The van der Waals surface area contributed by atoms with Crippen LogP contribution in [-0.2, 0) is 20.7 Å². The first-order valence-corrected chi connectivity index (χ1v) is 17.1. The number of aromatic nitrogens is 1. The molecule has 1 amide bonds. The predicted octanol–water partition coefficient (Wildman–Crippen LogP) is 5.64. The van der Waals surface area contributed by atoms with E-state index in [4.69, 9.17) is 36.5 Å². The molecule has 1 aliphatic carbocycles. The number of carbonyl (C=O) groups excluding carboxylic acids is 2. The Hall–Kier alpha value is -3.86. The van der Waals surface area contributed by atoms with E-state index in [1.807, 2.05) is 67.3 Å². The van der Waals surface area contributed by atoms with Gasteiger partial charge >= 0.3 is 5.97 Å².